The highest BCUT2D eigenvalue weighted by Crippen LogP contribution is 2.33. The van der Waals surface area contributed by atoms with E-state index in [1.54, 1.807) is 23.1 Å². The van der Waals surface area contributed by atoms with Gasteiger partial charge in [0, 0.05) is 31.7 Å². The van der Waals surface area contributed by atoms with Crippen molar-refractivity contribution in [2.24, 2.45) is 0 Å². The molecule has 2 heterocycles. The van der Waals surface area contributed by atoms with Gasteiger partial charge in [-0.1, -0.05) is 30.0 Å². The second kappa shape index (κ2) is 6.72. The zero-order chi connectivity index (χ0) is 13.7. The van der Waals surface area contributed by atoms with Crippen LogP contribution in [0.25, 0.3) is 0 Å². The minimum Gasteiger partial charge on any atom is -0.370 e. The van der Waals surface area contributed by atoms with Crippen molar-refractivity contribution in [3.63, 3.8) is 0 Å². The van der Waals surface area contributed by atoms with E-state index in [4.69, 9.17) is 0 Å². The number of pyridine rings is 1. The summed E-state index contributed by atoms with van der Waals surface area (Å²) in [4.78, 5) is 7.37. The van der Waals surface area contributed by atoms with Crippen LogP contribution in [-0.4, -0.2) is 35.8 Å². The molecule has 0 spiro atoms. The molecule has 0 radical (unpaired) electrons. The Hall–Kier alpha value is -1.34. The molecule has 0 aliphatic carbocycles. The van der Waals surface area contributed by atoms with Crippen LogP contribution in [0.5, 0.6) is 0 Å². The molecule has 0 saturated heterocycles. The number of rotatable bonds is 6. The molecule has 0 saturated carbocycles. The first-order valence-electron chi connectivity index (χ1n) is 6.07. The van der Waals surface area contributed by atoms with Gasteiger partial charge in [-0.15, -0.1) is 10.2 Å². The summed E-state index contributed by atoms with van der Waals surface area (Å²) >= 11 is 3.20. The number of hydrogen-bond donors (Lipinski definition) is 1. The van der Waals surface area contributed by atoms with Crippen LogP contribution < -0.4 is 10.2 Å². The van der Waals surface area contributed by atoms with E-state index < -0.39 is 0 Å². The van der Waals surface area contributed by atoms with Crippen molar-refractivity contribution in [3.05, 3.63) is 18.3 Å². The van der Waals surface area contributed by atoms with Crippen LogP contribution in [0.1, 0.15) is 13.3 Å². The lowest BCUT2D eigenvalue weighted by molar-refractivity contribution is 0.965. The smallest absolute Gasteiger partial charge is 0.208 e. The van der Waals surface area contributed by atoms with Gasteiger partial charge in [0.05, 0.1) is 0 Å². The molecule has 1 N–H and O–H groups in total. The maximum absolute atomic E-state index is 4.29. The van der Waals surface area contributed by atoms with E-state index in [-0.39, 0.29) is 0 Å². The Kier molecular flexibility index (Phi) is 4.98. The van der Waals surface area contributed by atoms with Gasteiger partial charge in [0.2, 0.25) is 5.13 Å². The van der Waals surface area contributed by atoms with Gasteiger partial charge in [-0.2, -0.15) is 0 Å². The Morgan fingerprint density at radius 2 is 2.21 bits per heavy atom. The Labute approximate surface area is 121 Å². The molecular formula is C12H17N5S2. The molecule has 0 bridgehead atoms. The molecule has 0 unspecified atom stereocenters. The van der Waals surface area contributed by atoms with Crippen molar-refractivity contribution in [2.75, 3.05) is 30.9 Å². The van der Waals surface area contributed by atoms with Crippen LogP contribution in [0.15, 0.2) is 27.6 Å². The van der Waals surface area contributed by atoms with Crippen molar-refractivity contribution in [3.8, 4) is 0 Å². The molecule has 0 atom stereocenters. The molecule has 2 aromatic heterocycles. The SMILES string of the molecule is CCCNc1cc(Sc2nnc(N(C)C)s2)ccn1. The van der Waals surface area contributed by atoms with Gasteiger partial charge in [-0.3, -0.25) is 0 Å². The number of anilines is 2. The van der Waals surface area contributed by atoms with E-state index >= 15 is 0 Å². The quantitative estimate of drug-likeness (QED) is 0.884. The molecule has 0 aliphatic heterocycles. The minimum absolute atomic E-state index is 0.907. The zero-order valence-electron chi connectivity index (χ0n) is 11.3. The average molecular weight is 295 g/mol. The van der Waals surface area contributed by atoms with E-state index in [1.807, 2.05) is 37.3 Å². The Bertz CT molecular complexity index is 526. The van der Waals surface area contributed by atoms with Gasteiger partial charge in [0.1, 0.15) is 5.82 Å². The minimum atomic E-state index is 0.907. The Morgan fingerprint density at radius 3 is 2.89 bits per heavy atom. The van der Waals surface area contributed by atoms with Crippen molar-refractivity contribution in [1.82, 2.24) is 15.2 Å². The molecule has 0 aromatic carbocycles. The van der Waals surface area contributed by atoms with Crippen LogP contribution in [0.2, 0.25) is 0 Å². The van der Waals surface area contributed by atoms with Crippen molar-refractivity contribution < 1.29 is 0 Å². The molecule has 5 nitrogen and oxygen atoms in total. The Balaban J connectivity index is 2.05. The summed E-state index contributed by atoms with van der Waals surface area (Å²) < 4.78 is 0.941. The van der Waals surface area contributed by atoms with Crippen molar-refractivity contribution >= 4 is 34.0 Å². The number of hydrogen-bond acceptors (Lipinski definition) is 7. The maximum Gasteiger partial charge on any atom is 0.208 e. The number of aromatic nitrogens is 3. The summed E-state index contributed by atoms with van der Waals surface area (Å²) in [5.74, 6) is 0.907. The van der Waals surface area contributed by atoms with Crippen molar-refractivity contribution in [2.45, 2.75) is 22.6 Å². The first-order valence-corrected chi connectivity index (χ1v) is 7.71. The fourth-order valence-electron chi connectivity index (χ4n) is 1.35. The monoisotopic (exact) mass is 295 g/mol. The van der Waals surface area contributed by atoms with Crippen LogP contribution >= 0.6 is 23.1 Å². The average Bonchev–Trinajstić information content (AvgIpc) is 2.85. The lowest BCUT2D eigenvalue weighted by Crippen LogP contribution is -2.07. The van der Waals surface area contributed by atoms with Crippen LogP contribution in [0.3, 0.4) is 0 Å². The molecular weight excluding hydrogens is 278 g/mol. The summed E-state index contributed by atoms with van der Waals surface area (Å²) in [6.45, 7) is 3.07. The van der Waals surface area contributed by atoms with Gasteiger partial charge in [0.25, 0.3) is 0 Å². The van der Waals surface area contributed by atoms with Crippen LogP contribution in [0, 0.1) is 0 Å². The third-order valence-electron chi connectivity index (χ3n) is 2.27. The molecule has 102 valence electrons. The van der Waals surface area contributed by atoms with Crippen molar-refractivity contribution in [1.29, 1.82) is 0 Å². The highest BCUT2D eigenvalue weighted by atomic mass is 32.2. The third-order valence-corrected chi connectivity index (χ3v) is 4.40. The van der Waals surface area contributed by atoms with Crippen LogP contribution in [0.4, 0.5) is 10.9 Å². The summed E-state index contributed by atoms with van der Waals surface area (Å²) in [5, 5.41) is 12.5. The highest BCUT2D eigenvalue weighted by molar-refractivity contribution is 8.01. The normalized spacial score (nSPS) is 10.5. The van der Waals surface area contributed by atoms with Gasteiger partial charge in [0.15, 0.2) is 4.34 Å². The van der Waals surface area contributed by atoms with Crippen LogP contribution in [-0.2, 0) is 0 Å². The molecule has 7 heteroatoms. The lowest BCUT2D eigenvalue weighted by Gasteiger charge is -2.05. The molecule has 0 amide bonds. The first-order chi connectivity index (χ1) is 9.19. The summed E-state index contributed by atoms with van der Waals surface area (Å²) in [6.07, 6.45) is 2.90. The fraction of sp³-hybridized carbons (Fsp3) is 0.417. The molecule has 2 rings (SSSR count). The standard InChI is InChI=1S/C12H17N5S2/c1-4-6-13-10-8-9(5-7-14-10)18-12-16-15-11(19-12)17(2)3/h5,7-8H,4,6H2,1-3H3,(H,13,14). The molecule has 19 heavy (non-hydrogen) atoms. The first kappa shape index (κ1) is 14.1. The summed E-state index contributed by atoms with van der Waals surface area (Å²) in [7, 11) is 3.93. The van der Waals surface area contributed by atoms with Gasteiger partial charge in [-0.05, 0) is 18.6 Å². The summed E-state index contributed by atoms with van der Waals surface area (Å²) in [5.41, 5.74) is 0. The fourth-order valence-corrected chi connectivity index (χ4v) is 3.11. The third kappa shape index (κ3) is 4.07. The molecule has 0 fully saturated rings. The highest BCUT2D eigenvalue weighted by Gasteiger charge is 2.07. The molecule has 0 aliphatic rings. The lowest BCUT2D eigenvalue weighted by atomic mass is 10.4. The van der Waals surface area contributed by atoms with E-state index in [9.17, 15) is 0 Å². The topological polar surface area (TPSA) is 53.9 Å². The van der Waals surface area contributed by atoms with E-state index in [0.29, 0.717) is 0 Å². The number of nitrogens with zero attached hydrogens (tertiary/aromatic N) is 4. The number of nitrogens with one attached hydrogen (secondary N) is 1. The largest absolute Gasteiger partial charge is 0.370 e. The second-order valence-corrected chi connectivity index (χ2v) is 6.43. The van der Waals surface area contributed by atoms with Gasteiger partial charge < -0.3 is 10.2 Å². The van der Waals surface area contributed by atoms with E-state index in [1.165, 1.54) is 0 Å². The van der Waals surface area contributed by atoms with Gasteiger partial charge >= 0.3 is 0 Å². The predicted octanol–water partition coefficient (Wildman–Crippen LogP) is 2.97. The summed E-state index contributed by atoms with van der Waals surface area (Å²) in [6, 6.07) is 4.02. The van der Waals surface area contributed by atoms with E-state index in [2.05, 4.69) is 27.4 Å². The second-order valence-electron chi connectivity index (χ2n) is 4.15. The predicted molar refractivity (Wildman–Crippen MR) is 81.4 cm³/mol. The Morgan fingerprint density at radius 1 is 1.37 bits per heavy atom. The maximum atomic E-state index is 4.29. The zero-order valence-corrected chi connectivity index (χ0v) is 12.9. The molecule has 2 aromatic rings. The van der Waals surface area contributed by atoms with E-state index in [0.717, 1.165) is 33.2 Å². The van der Waals surface area contributed by atoms with Gasteiger partial charge in [-0.25, -0.2) is 4.98 Å².